The van der Waals surface area contributed by atoms with Gasteiger partial charge < -0.3 is 10.6 Å². The van der Waals surface area contributed by atoms with Gasteiger partial charge in [-0.25, -0.2) is 4.79 Å². The molecule has 1 atom stereocenters. The summed E-state index contributed by atoms with van der Waals surface area (Å²) in [7, 11) is 0. The summed E-state index contributed by atoms with van der Waals surface area (Å²) in [4.78, 5) is 11.3. The number of urea groups is 1. The molecule has 0 aromatic rings. The van der Waals surface area contributed by atoms with Crippen molar-refractivity contribution in [1.29, 1.82) is 0 Å². The van der Waals surface area contributed by atoms with Crippen LogP contribution < -0.4 is 10.6 Å². The second kappa shape index (κ2) is 4.91. The number of carbonyl (C=O) groups is 1. The normalized spacial score (nSPS) is 27.0. The van der Waals surface area contributed by atoms with E-state index in [-0.39, 0.29) is 6.03 Å². The molecule has 1 aliphatic carbocycles. The van der Waals surface area contributed by atoms with Crippen LogP contribution in [-0.4, -0.2) is 30.1 Å². The second-order valence-corrected chi connectivity index (χ2v) is 5.36. The molecule has 1 aliphatic heterocycles. The minimum Gasteiger partial charge on any atom is -0.338 e. The molecule has 0 bridgehead atoms. The lowest BCUT2D eigenvalue weighted by Crippen LogP contribution is -2.40. The maximum Gasteiger partial charge on any atom is 0.315 e. The molecule has 2 rings (SSSR count). The summed E-state index contributed by atoms with van der Waals surface area (Å²) < 4.78 is 0. The lowest BCUT2D eigenvalue weighted by atomic mass is 10.1. The van der Waals surface area contributed by atoms with E-state index in [1.807, 2.05) is 11.8 Å². The minimum atomic E-state index is 0.0306. The molecular formula is C10H18N2OS. The Balaban J connectivity index is 1.57. The highest BCUT2D eigenvalue weighted by molar-refractivity contribution is 7.99. The molecule has 1 saturated carbocycles. The Morgan fingerprint density at radius 3 is 2.86 bits per heavy atom. The highest BCUT2D eigenvalue weighted by atomic mass is 32.2. The fourth-order valence-corrected chi connectivity index (χ4v) is 2.82. The molecule has 0 aromatic carbocycles. The van der Waals surface area contributed by atoms with E-state index in [2.05, 4.69) is 10.6 Å². The third-order valence-corrected chi connectivity index (χ3v) is 4.00. The van der Waals surface area contributed by atoms with Gasteiger partial charge in [0, 0.05) is 12.6 Å². The molecule has 2 N–H and O–H groups in total. The Hall–Kier alpha value is -0.380. The van der Waals surface area contributed by atoms with Crippen molar-refractivity contribution in [2.45, 2.75) is 31.7 Å². The average Bonchev–Trinajstić information content (AvgIpc) is 3.00. The number of hydrogen-bond acceptors (Lipinski definition) is 2. The van der Waals surface area contributed by atoms with Crippen LogP contribution in [0.5, 0.6) is 0 Å². The van der Waals surface area contributed by atoms with Crippen LogP contribution in [-0.2, 0) is 0 Å². The van der Waals surface area contributed by atoms with Crippen LogP contribution >= 0.6 is 11.8 Å². The van der Waals surface area contributed by atoms with Crippen molar-refractivity contribution >= 4 is 17.8 Å². The lowest BCUT2D eigenvalue weighted by Gasteiger charge is -2.21. The third-order valence-electron chi connectivity index (χ3n) is 2.72. The van der Waals surface area contributed by atoms with Crippen LogP contribution in [0.2, 0.25) is 0 Å². The van der Waals surface area contributed by atoms with Gasteiger partial charge in [-0.05, 0) is 43.1 Å². The van der Waals surface area contributed by atoms with E-state index in [4.69, 9.17) is 0 Å². The van der Waals surface area contributed by atoms with Crippen molar-refractivity contribution in [1.82, 2.24) is 10.6 Å². The van der Waals surface area contributed by atoms with Gasteiger partial charge in [0.05, 0.1) is 0 Å². The number of hydrogen-bond donors (Lipinski definition) is 2. The zero-order valence-electron chi connectivity index (χ0n) is 8.42. The van der Waals surface area contributed by atoms with Crippen molar-refractivity contribution in [3.05, 3.63) is 0 Å². The molecule has 2 amide bonds. The summed E-state index contributed by atoms with van der Waals surface area (Å²) in [6, 6.07) is 0.499. The first kappa shape index (κ1) is 10.1. The Morgan fingerprint density at radius 1 is 1.36 bits per heavy atom. The van der Waals surface area contributed by atoms with Gasteiger partial charge in [0.25, 0.3) is 0 Å². The Kier molecular flexibility index (Phi) is 3.56. The molecule has 4 heteroatoms. The molecule has 1 unspecified atom stereocenters. The van der Waals surface area contributed by atoms with Crippen molar-refractivity contribution < 1.29 is 4.79 Å². The van der Waals surface area contributed by atoms with Crippen LogP contribution in [0.4, 0.5) is 4.79 Å². The van der Waals surface area contributed by atoms with E-state index in [1.54, 1.807) is 0 Å². The minimum absolute atomic E-state index is 0.0306. The fraction of sp³-hybridized carbons (Fsp3) is 0.900. The molecule has 2 fully saturated rings. The van der Waals surface area contributed by atoms with Gasteiger partial charge in [-0.1, -0.05) is 0 Å². The topological polar surface area (TPSA) is 41.1 Å². The molecule has 14 heavy (non-hydrogen) atoms. The van der Waals surface area contributed by atoms with Gasteiger partial charge in [-0.3, -0.25) is 0 Å². The number of amides is 2. The quantitative estimate of drug-likeness (QED) is 0.749. The monoisotopic (exact) mass is 214 g/mol. The summed E-state index contributed by atoms with van der Waals surface area (Å²) >= 11 is 2.01. The van der Waals surface area contributed by atoms with Gasteiger partial charge in [0.1, 0.15) is 0 Å². The van der Waals surface area contributed by atoms with Crippen LogP contribution in [0.3, 0.4) is 0 Å². The highest BCUT2D eigenvalue weighted by Gasteiger charge is 2.23. The second-order valence-electron chi connectivity index (χ2n) is 4.21. The zero-order valence-corrected chi connectivity index (χ0v) is 9.24. The first-order valence-electron chi connectivity index (χ1n) is 5.46. The molecule has 1 saturated heterocycles. The molecule has 1 heterocycles. The first-order chi connectivity index (χ1) is 6.84. The van der Waals surface area contributed by atoms with Crippen LogP contribution in [0.25, 0.3) is 0 Å². The fourth-order valence-electron chi connectivity index (χ4n) is 1.67. The van der Waals surface area contributed by atoms with Gasteiger partial charge >= 0.3 is 6.03 Å². The van der Waals surface area contributed by atoms with E-state index in [0.29, 0.717) is 12.0 Å². The number of nitrogens with one attached hydrogen (secondary N) is 2. The van der Waals surface area contributed by atoms with E-state index < -0.39 is 0 Å². The maximum absolute atomic E-state index is 11.3. The number of carbonyl (C=O) groups excluding carboxylic acids is 1. The van der Waals surface area contributed by atoms with E-state index in [1.165, 1.54) is 24.3 Å². The largest absolute Gasteiger partial charge is 0.338 e. The van der Waals surface area contributed by atoms with Gasteiger partial charge in [-0.15, -0.1) is 0 Å². The van der Waals surface area contributed by atoms with Crippen LogP contribution in [0, 0.1) is 5.92 Å². The summed E-state index contributed by atoms with van der Waals surface area (Å²) in [5.41, 5.74) is 0. The average molecular weight is 214 g/mol. The Morgan fingerprint density at radius 2 is 2.21 bits per heavy atom. The molecule has 0 radical (unpaired) electrons. The van der Waals surface area contributed by atoms with E-state index >= 15 is 0 Å². The van der Waals surface area contributed by atoms with Crippen LogP contribution in [0.15, 0.2) is 0 Å². The molecule has 3 nitrogen and oxygen atoms in total. The Bertz CT molecular complexity index is 200. The molecule has 0 aromatic heterocycles. The van der Waals surface area contributed by atoms with Crippen molar-refractivity contribution in [2.24, 2.45) is 5.92 Å². The zero-order chi connectivity index (χ0) is 9.80. The lowest BCUT2D eigenvalue weighted by molar-refractivity contribution is 0.238. The van der Waals surface area contributed by atoms with E-state index in [0.717, 1.165) is 19.4 Å². The SMILES string of the molecule is O=C(NCC1CCCSC1)NC1CC1. The van der Waals surface area contributed by atoms with Crippen LogP contribution in [0.1, 0.15) is 25.7 Å². The van der Waals surface area contributed by atoms with E-state index in [9.17, 15) is 4.79 Å². The first-order valence-corrected chi connectivity index (χ1v) is 6.62. The van der Waals surface area contributed by atoms with Crippen molar-refractivity contribution in [2.75, 3.05) is 18.1 Å². The predicted octanol–water partition coefficient (Wildman–Crippen LogP) is 1.59. The predicted molar refractivity (Wildman–Crippen MR) is 59.6 cm³/mol. The summed E-state index contributed by atoms with van der Waals surface area (Å²) in [5, 5.41) is 5.90. The van der Waals surface area contributed by atoms with Gasteiger partial charge in [0.2, 0.25) is 0 Å². The van der Waals surface area contributed by atoms with Gasteiger partial charge in [0.15, 0.2) is 0 Å². The van der Waals surface area contributed by atoms with Crippen molar-refractivity contribution in [3.8, 4) is 0 Å². The van der Waals surface area contributed by atoms with Crippen molar-refractivity contribution in [3.63, 3.8) is 0 Å². The maximum atomic E-state index is 11.3. The number of thioether (sulfide) groups is 1. The molecule has 2 aliphatic rings. The van der Waals surface area contributed by atoms with Gasteiger partial charge in [-0.2, -0.15) is 11.8 Å². The summed E-state index contributed by atoms with van der Waals surface area (Å²) in [5.74, 6) is 3.20. The Labute approximate surface area is 89.4 Å². The summed E-state index contributed by atoms with van der Waals surface area (Å²) in [6.07, 6.45) is 4.90. The molecule has 0 spiro atoms. The number of rotatable bonds is 3. The molecule has 80 valence electrons. The highest BCUT2D eigenvalue weighted by Crippen LogP contribution is 2.22. The third kappa shape index (κ3) is 3.40. The molecular weight excluding hydrogens is 196 g/mol. The smallest absolute Gasteiger partial charge is 0.315 e. The standard InChI is InChI=1S/C10H18N2OS/c13-10(12-9-3-4-9)11-6-8-2-1-5-14-7-8/h8-9H,1-7H2,(H2,11,12,13). The summed E-state index contributed by atoms with van der Waals surface area (Å²) in [6.45, 7) is 0.853.